The van der Waals surface area contributed by atoms with Gasteiger partial charge in [0.15, 0.2) is 0 Å². The van der Waals surface area contributed by atoms with Gasteiger partial charge in [-0.2, -0.15) is 0 Å². The molecular formula is C5H12OY2. The van der Waals surface area contributed by atoms with Gasteiger partial charge in [-0.1, -0.05) is 0 Å². The quantitative estimate of drug-likeness (QED) is 0.653. The van der Waals surface area contributed by atoms with Gasteiger partial charge in [0.1, 0.15) is 0 Å². The molecule has 0 aromatic rings. The molecule has 0 amide bonds. The Bertz CT molecular complexity index is 12.4. The molecule has 0 heterocycles. The van der Waals surface area contributed by atoms with E-state index in [-0.39, 0.29) is 65.4 Å². The molecule has 3 heteroatoms. The Morgan fingerprint density at radius 2 is 0.750 bits per heavy atom. The monoisotopic (exact) mass is 266 g/mol. The first-order valence-electron chi connectivity index (χ1n) is 1.45. The molecule has 0 aliphatic heterocycles. The minimum atomic E-state index is 0. The van der Waals surface area contributed by atoms with Crippen LogP contribution in [0.1, 0.15) is 0 Å². The van der Waals surface area contributed by atoms with Crippen molar-refractivity contribution < 1.29 is 70.5 Å². The average molecular weight is 266 g/mol. The van der Waals surface area contributed by atoms with Gasteiger partial charge in [-0.3, -0.25) is 0 Å². The average Bonchev–Trinajstić information content (AvgIpc) is 1.81. The van der Waals surface area contributed by atoms with Crippen molar-refractivity contribution in [3.05, 3.63) is 26.3 Å². The van der Waals surface area contributed by atoms with Gasteiger partial charge >= 0.3 is 0 Å². The normalized spacial score (nSPS) is 1.75. The predicted octanol–water partition coefficient (Wildman–Crippen LogP) is 1.21. The van der Waals surface area contributed by atoms with Crippen molar-refractivity contribution in [3.8, 4) is 0 Å². The van der Waals surface area contributed by atoms with Gasteiger partial charge < -0.3 is 5.11 Å². The van der Waals surface area contributed by atoms with Crippen LogP contribution in [0.15, 0.2) is 26.3 Å². The van der Waals surface area contributed by atoms with Gasteiger partial charge in [-0.25, -0.2) is 0 Å². The largest absolute Gasteiger partial charge is 0.400 e. The van der Waals surface area contributed by atoms with E-state index in [1.54, 1.807) is 0 Å². The smallest absolute Gasteiger partial charge is 0.0319 e. The predicted molar refractivity (Wildman–Crippen MR) is 30.7 cm³/mol. The number of aliphatic hydroxyl groups excluding tert-OH is 1. The van der Waals surface area contributed by atoms with Crippen LogP contribution in [0.5, 0.6) is 0 Å². The summed E-state index contributed by atoms with van der Waals surface area (Å²) in [4.78, 5) is 0. The summed E-state index contributed by atoms with van der Waals surface area (Å²) >= 11 is 0. The molecule has 0 bridgehead atoms. The van der Waals surface area contributed by atoms with E-state index in [0.717, 1.165) is 7.11 Å². The zero-order valence-corrected chi connectivity index (χ0v) is 11.1. The van der Waals surface area contributed by atoms with E-state index in [1.807, 2.05) is 0 Å². The summed E-state index contributed by atoms with van der Waals surface area (Å²) in [6, 6.07) is 0. The summed E-state index contributed by atoms with van der Waals surface area (Å²) in [7, 11) is 1.00. The molecule has 0 aliphatic carbocycles. The molecule has 0 fully saturated rings. The number of aliphatic hydroxyl groups is 1. The first kappa shape index (κ1) is 33.4. The third kappa shape index (κ3) is 124. The number of rotatable bonds is 0. The van der Waals surface area contributed by atoms with Crippen molar-refractivity contribution in [2.45, 2.75) is 0 Å². The molecule has 8 heavy (non-hydrogen) atoms. The van der Waals surface area contributed by atoms with Gasteiger partial charge in [0, 0.05) is 72.5 Å². The maximum atomic E-state index is 7.00. The molecule has 0 spiro atoms. The SMILES string of the molecule is C=C.C=C.CO.[Y].[Y]. The van der Waals surface area contributed by atoms with E-state index in [1.165, 1.54) is 0 Å². The van der Waals surface area contributed by atoms with Crippen molar-refractivity contribution in [1.29, 1.82) is 0 Å². The first-order chi connectivity index (χ1) is 3.00. The van der Waals surface area contributed by atoms with E-state index >= 15 is 0 Å². The summed E-state index contributed by atoms with van der Waals surface area (Å²) in [6.45, 7) is 12.0. The van der Waals surface area contributed by atoms with Crippen LogP contribution in [-0.4, -0.2) is 12.2 Å². The van der Waals surface area contributed by atoms with Crippen LogP contribution in [0.3, 0.4) is 0 Å². The third-order valence-electron chi connectivity index (χ3n) is 0. The Morgan fingerprint density at radius 1 is 0.750 bits per heavy atom. The van der Waals surface area contributed by atoms with E-state index in [4.69, 9.17) is 5.11 Å². The van der Waals surface area contributed by atoms with Crippen LogP contribution in [0.25, 0.3) is 0 Å². The van der Waals surface area contributed by atoms with Crippen LogP contribution in [0.2, 0.25) is 0 Å². The van der Waals surface area contributed by atoms with Crippen molar-refractivity contribution in [1.82, 2.24) is 0 Å². The van der Waals surface area contributed by atoms with Crippen molar-refractivity contribution >= 4 is 0 Å². The zero-order chi connectivity index (χ0) is 6.00. The number of hydrogen-bond acceptors (Lipinski definition) is 1. The fourth-order valence-electron chi connectivity index (χ4n) is 0. The van der Waals surface area contributed by atoms with Crippen molar-refractivity contribution in [3.63, 3.8) is 0 Å². The van der Waals surface area contributed by atoms with E-state index < -0.39 is 0 Å². The fraction of sp³-hybridized carbons (Fsp3) is 0.200. The summed E-state index contributed by atoms with van der Waals surface area (Å²) in [5.74, 6) is 0. The molecule has 0 saturated heterocycles. The molecular weight excluding hydrogens is 254 g/mol. The molecule has 0 aromatic heterocycles. The maximum absolute atomic E-state index is 7.00. The first-order valence-corrected chi connectivity index (χ1v) is 1.45. The second-order valence-corrected chi connectivity index (χ2v) is 0. The topological polar surface area (TPSA) is 20.2 Å². The Labute approximate surface area is 102 Å². The maximum Gasteiger partial charge on any atom is 0.0319 e. The second-order valence-electron chi connectivity index (χ2n) is 0. The molecule has 1 N–H and O–H groups in total. The van der Waals surface area contributed by atoms with Gasteiger partial charge in [-0.15, -0.1) is 26.3 Å². The Morgan fingerprint density at radius 3 is 0.750 bits per heavy atom. The Balaban J connectivity index is -0.00000000500. The van der Waals surface area contributed by atoms with Gasteiger partial charge in [0.25, 0.3) is 0 Å². The standard InChI is InChI=1S/2C2H4.CH4O.2Y/c3*1-2;;/h2*1-2H2;2H,1H3;;. The minimum Gasteiger partial charge on any atom is -0.400 e. The van der Waals surface area contributed by atoms with Crippen LogP contribution < -0.4 is 0 Å². The van der Waals surface area contributed by atoms with E-state index in [0.29, 0.717) is 0 Å². The molecule has 0 aromatic carbocycles. The van der Waals surface area contributed by atoms with Crippen LogP contribution >= 0.6 is 0 Å². The molecule has 0 aliphatic rings. The minimum absolute atomic E-state index is 0. The summed E-state index contributed by atoms with van der Waals surface area (Å²) in [6.07, 6.45) is 0. The Kier molecular flexibility index (Phi) is 778. The van der Waals surface area contributed by atoms with Crippen molar-refractivity contribution in [2.24, 2.45) is 0 Å². The molecule has 1 nitrogen and oxygen atoms in total. The molecule has 0 unspecified atom stereocenters. The zero-order valence-electron chi connectivity index (χ0n) is 5.43. The van der Waals surface area contributed by atoms with Gasteiger partial charge in [-0.05, 0) is 0 Å². The van der Waals surface area contributed by atoms with E-state index in [9.17, 15) is 0 Å². The van der Waals surface area contributed by atoms with Gasteiger partial charge in [0.05, 0.1) is 0 Å². The third-order valence-corrected chi connectivity index (χ3v) is 0. The molecule has 0 saturated carbocycles. The Hall–Kier alpha value is 1.65. The van der Waals surface area contributed by atoms with Gasteiger partial charge in [0.2, 0.25) is 0 Å². The summed E-state index contributed by atoms with van der Waals surface area (Å²) in [5, 5.41) is 7.00. The number of hydrogen-bond donors (Lipinski definition) is 1. The fourth-order valence-corrected chi connectivity index (χ4v) is 0. The summed E-state index contributed by atoms with van der Waals surface area (Å²) < 4.78 is 0. The van der Waals surface area contributed by atoms with E-state index in [2.05, 4.69) is 26.3 Å². The van der Waals surface area contributed by atoms with Crippen LogP contribution in [-0.2, 0) is 65.4 Å². The van der Waals surface area contributed by atoms with Crippen molar-refractivity contribution in [2.75, 3.05) is 7.11 Å². The molecule has 2 radical (unpaired) electrons. The van der Waals surface area contributed by atoms with Crippen LogP contribution in [0, 0.1) is 0 Å². The second kappa shape index (κ2) is 186. The molecule has 0 rings (SSSR count). The molecule has 44 valence electrons. The summed E-state index contributed by atoms with van der Waals surface area (Å²) in [5.41, 5.74) is 0. The van der Waals surface area contributed by atoms with Crippen LogP contribution in [0.4, 0.5) is 0 Å². The molecule has 0 atom stereocenters.